The van der Waals surface area contributed by atoms with E-state index in [1.165, 1.54) is 11.8 Å². The SMILES string of the molecule is O=C([O-])C(Sc1ccccc1)c1ccc(Cl)c(Cl)c1. The van der Waals surface area contributed by atoms with Gasteiger partial charge in [-0.2, -0.15) is 0 Å². The van der Waals surface area contributed by atoms with E-state index in [4.69, 9.17) is 23.2 Å². The fourth-order valence-electron chi connectivity index (χ4n) is 1.56. The second kappa shape index (κ2) is 6.33. The first-order valence-electron chi connectivity index (χ1n) is 5.45. The van der Waals surface area contributed by atoms with Crippen molar-refractivity contribution in [2.45, 2.75) is 10.1 Å². The summed E-state index contributed by atoms with van der Waals surface area (Å²) >= 11 is 12.9. The fraction of sp³-hybridized carbons (Fsp3) is 0.0714. The summed E-state index contributed by atoms with van der Waals surface area (Å²) in [5, 5.41) is 11.2. The molecule has 19 heavy (non-hydrogen) atoms. The predicted octanol–water partition coefficient (Wildman–Crippen LogP) is 3.58. The molecule has 0 heterocycles. The number of halogens is 2. The Hall–Kier alpha value is -1.16. The van der Waals surface area contributed by atoms with Crippen LogP contribution in [0, 0.1) is 0 Å². The highest BCUT2D eigenvalue weighted by Gasteiger charge is 2.15. The lowest BCUT2D eigenvalue weighted by Gasteiger charge is -2.18. The van der Waals surface area contributed by atoms with Crippen LogP contribution in [-0.4, -0.2) is 5.97 Å². The second-order valence-electron chi connectivity index (χ2n) is 3.80. The van der Waals surface area contributed by atoms with Gasteiger partial charge in [-0.15, -0.1) is 11.8 Å². The van der Waals surface area contributed by atoms with Crippen molar-refractivity contribution in [2.24, 2.45) is 0 Å². The van der Waals surface area contributed by atoms with Gasteiger partial charge in [0.15, 0.2) is 0 Å². The fourth-order valence-corrected chi connectivity index (χ4v) is 2.83. The summed E-state index contributed by atoms with van der Waals surface area (Å²) < 4.78 is 0. The zero-order valence-electron chi connectivity index (χ0n) is 9.68. The average molecular weight is 312 g/mol. The highest BCUT2D eigenvalue weighted by molar-refractivity contribution is 8.00. The van der Waals surface area contributed by atoms with E-state index in [1.807, 2.05) is 30.3 Å². The van der Waals surface area contributed by atoms with E-state index in [2.05, 4.69) is 0 Å². The topological polar surface area (TPSA) is 40.1 Å². The van der Waals surface area contributed by atoms with E-state index < -0.39 is 11.2 Å². The largest absolute Gasteiger partial charge is 0.549 e. The molecule has 5 heteroatoms. The summed E-state index contributed by atoms with van der Waals surface area (Å²) in [4.78, 5) is 12.1. The minimum atomic E-state index is -1.16. The van der Waals surface area contributed by atoms with Crippen LogP contribution in [0.25, 0.3) is 0 Å². The molecule has 0 N–H and O–H groups in total. The Morgan fingerprint density at radius 3 is 2.32 bits per heavy atom. The van der Waals surface area contributed by atoms with Crippen molar-refractivity contribution in [2.75, 3.05) is 0 Å². The average Bonchev–Trinajstić information content (AvgIpc) is 2.40. The number of carboxylic acid groups (broad SMARTS) is 1. The van der Waals surface area contributed by atoms with Crippen molar-refractivity contribution in [3.8, 4) is 0 Å². The summed E-state index contributed by atoms with van der Waals surface area (Å²) in [5.74, 6) is -1.16. The zero-order valence-corrected chi connectivity index (χ0v) is 12.0. The molecule has 0 fully saturated rings. The molecular formula is C14H9Cl2O2S-. The van der Waals surface area contributed by atoms with Crippen LogP contribution in [0.15, 0.2) is 53.4 Å². The molecular weight excluding hydrogens is 303 g/mol. The van der Waals surface area contributed by atoms with Gasteiger partial charge in [0.1, 0.15) is 0 Å². The van der Waals surface area contributed by atoms with E-state index in [9.17, 15) is 9.90 Å². The minimum Gasteiger partial charge on any atom is -0.549 e. The first kappa shape index (κ1) is 14.3. The number of rotatable bonds is 4. The van der Waals surface area contributed by atoms with E-state index >= 15 is 0 Å². The maximum absolute atomic E-state index is 11.3. The molecule has 2 aromatic carbocycles. The molecule has 0 bridgehead atoms. The van der Waals surface area contributed by atoms with Crippen LogP contribution in [-0.2, 0) is 4.79 Å². The van der Waals surface area contributed by atoms with Crippen molar-refractivity contribution in [3.63, 3.8) is 0 Å². The molecule has 0 aliphatic rings. The predicted molar refractivity (Wildman–Crippen MR) is 76.5 cm³/mol. The summed E-state index contributed by atoms with van der Waals surface area (Å²) in [6.45, 7) is 0. The third kappa shape index (κ3) is 3.66. The highest BCUT2D eigenvalue weighted by Crippen LogP contribution is 2.36. The molecule has 0 aliphatic heterocycles. The Kier molecular flexibility index (Phi) is 4.75. The van der Waals surface area contributed by atoms with E-state index in [-0.39, 0.29) is 0 Å². The molecule has 0 spiro atoms. The number of hydrogen-bond donors (Lipinski definition) is 0. The van der Waals surface area contributed by atoms with Crippen LogP contribution in [0.5, 0.6) is 0 Å². The van der Waals surface area contributed by atoms with E-state index in [1.54, 1.807) is 18.2 Å². The van der Waals surface area contributed by atoms with Crippen LogP contribution in [0.2, 0.25) is 10.0 Å². The molecule has 0 radical (unpaired) electrons. The lowest BCUT2D eigenvalue weighted by Crippen LogP contribution is -2.28. The summed E-state index contributed by atoms with van der Waals surface area (Å²) in [6.07, 6.45) is 0. The van der Waals surface area contributed by atoms with Gasteiger partial charge in [0.25, 0.3) is 0 Å². The van der Waals surface area contributed by atoms with Gasteiger partial charge in [0, 0.05) is 4.90 Å². The van der Waals surface area contributed by atoms with Crippen LogP contribution >= 0.6 is 35.0 Å². The molecule has 2 rings (SSSR count). The van der Waals surface area contributed by atoms with Crippen LogP contribution in [0.1, 0.15) is 10.8 Å². The molecule has 0 aliphatic carbocycles. The number of carboxylic acids is 1. The number of thioether (sulfide) groups is 1. The number of hydrogen-bond acceptors (Lipinski definition) is 3. The molecule has 0 amide bonds. The van der Waals surface area contributed by atoms with E-state index in [0.29, 0.717) is 15.6 Å². The smallest absolute Gasteiger partial charge is 0.0740 e. The minimum absolute atomic E-state index is 0.332. The van der Waals surface area contributed by atoms with Crippen LogP contribution < -0.4 is 5.11 Å². The van der Waals surface area contributed by atoms with Gasteiger partial charge in [0.2, 0.25) is 0 Å². The third-order valence-electron chi connectivity index (χ3n) is 2.46. The Balaban J connectivity index is 2.30. The quantitative estimate of drug-likeness (QED) is 0.810. The first-order chi connectivity index (χ1) is 9.08. The Morgan fingerprint density at radius 2 is 1.74 bits per heavy atom. The standard InChI is InChI=1S/C14H10Cl2O2S/c15-11-7-6-9(8-12(11)16)13(14(17)18)19-10-4-2-1-3-5-10/h1-8,13H,(H,17,18)/p-1. The second-order valence-corrected chi connectivity index (χ2v) is 5.80. The van der Waals surface area contributed by atoms with Crippen LogP contribution in [0.4, 0.5) is 0 Å². The van der Waals surface area contributed by atoms with Gasteiger partial charge >= 0.3 is 0 Å². The van der Waals surface area contributed by atoms with Crippen molar-refractivity contribution < 1.29 is 9.90 Å². The third-order valence-corrected chi connectivity index (χ3v) is 4.44. The lowest BCUT2D eigenvalue weighted by molar-refractivity contribution is -0.305. The van der Waals surface area contributed by atoms with Crippen molar-refractivity contribution in [1.29, 1.82) is 0 Å². The molecule has 1 unspecified atom stereocenters. The number of carbonyl (C=O) groups excluding carboxylic acids is 1. The molecule has 2 aromatic rings. The van der Waals surface area contributed by atoms with Gasteiger partial charge in [-0.05, 0) is 29.8 Å². The Labute approximate surface area is 125 Å². The van der Waals surface area contributed by atoms with Gasteiger partial charge < -0.3 is 9.90 Å². The zero-order chi connectivity index (χ0) is 13.8. The molecule has 0 aromatic heterocycles. The summed E-state index contributed by atoms with van der Waals surface area (Å²) in [5.41, 5.74) is 0.559. The number of carbonyl (C=O) groups is 1. The van der Waals surface area contributed by atoms with E-state index in [0.717, 1.165) is 4.90 Å². The van der Waals surface area contributed by atoms with Gasteiger partial charge in [0.05, 0.1) is 21.3 Å². The molecule has 98 valence electrons. The molecule has 1 atom stereocenters. The Bertz CT molecular complexity index is 587. The van der Waals surface area contributed by atoms with Crippen molar-refractivity contribution in [1.82, 2.24) is 0 Å². The number of aliphatic carboxylic acids is 1. The maximum Gasteiger partial charge on any atom is 0.0740 e. The van der Waals surface area contributed by atoms with Crippen molar-refractivity contribution >= 4 is 40.9 Å². The van der Waals surface area contributed by atoms with Gasteiger partial charge in [-0.3, -0.25) is 0 Å². The van der Waals surface area contributed by atoms with Crippen LogP contribution in [0.3, 0.4) is 0 Å². The first-order valence-corrected chi connectivity index (χ1v) is 7.09. The molecule has 0 saturated heterocycles. The lowest BCUT2D eigenvalue weighted by atomic mass is 10.1. The monoisotopic (exact) mass is 311 g/mol. The summed E-state index contributed by atoms with van der Waals surface area (Å²) in [7, 11) is 0. The Morgan fingerprint density at radius 1 is 1.05 bits per heavy atom. The normalized spacial score (nSPS) is 12.1. The van der Waals surface area contributed by atoms with Crippen molar-refractivity contribution in [3.05, 3.63) is 64.1 Å². The van der Waals surface area contributed by atoms with Gasteiger partial charge in [-0.1, -0.05) is 47.5 Å². The molecule has 2 nitrogen and oxygen atoms in total. The van der Waals surface area contributed by atoms with Gasteiger partial charge in [-0.25, -0.2) is 0 Å². The number of benzene rings is 2. The summed E-state index contributed by atoms with van der Waals surface area (Å²) in [6, 6.07) is 14.0. The maximum atomic E-state index is 11.3. The highest BCUT2D eigenvalue weighted by atomic mass is 35.5. The molecule has 0 saturated carbocycles.